The number of rotatable bonds is 4. The van der Waals surface area contributed by atoms with Gasteiger partial charge in [0.1, 0.15) is 6.04 Å². The zero-order valence-electron chi connectivity index (χ0n) is 8.32. The third kappa shape index (κ3) is 2.45. The normalized spacial score (nSPS) is 12.1. The molecule has 1 unspecified atom stereocenters. The van der Waals surface area contributed by atoms with E-state index in [4.69, 9.17) is 5.11 Å². The number of carboxylic acids is 1. The molecule has 0 saturated carbocycles. The molecule has 1 rings (SSSR count). The highest BCUT2D eigenvalue weighted by Crippen LogP contribution is 2.13. The van der Waals surface area contributed by atoms with Crippen LogP contribution in [0.5, 0.6) is 0 Å². The Labute approximate surface area is 83.0 Å². The fraction of sp³-hybridized carbons (Fsp3) is 0.400. The lowest BCUT2D eigenvalue weighted by molar-refractivity contribution is -0.137. The Morgan fingerprint density at radius 1 is 1.71 bits per heavy atom. The maximum absolute atomic E-state index is 10.8. The van der Waals surface area contributed by atoms with Crippen LogP contribution in [-0.2, 0) is 4.79 Å². The molecule has 0 aliphatic rings. The van der Waals surface area contributed by atoms with Crippen LogP contribution in [0.15, 0.2) is 18.5 Å². The molecule has 0 fully saturated rings. The van der Waals surface area contributed by atoms with Crippen LogP contribution in [0.1, 0.15) is 18.9 Å². The van der Waals surface area contributed by atoms with Gasteiger partial charge < -0.3 is 10.4 Å². The summed E-state index contributed by atoms with van der Waals surface area (Å²) in [5.74, 6) is -0.830. The van der Waals surface area contributed by atoms with E-state index in [1.807, 2.05) is 13.8 Å². The van der Waals surface area contributed by atoms with Crippen molar-refractivity contribution in [1.82, 2.24) is 4.98 Å². The Bertz CT molecular complexity index is 326. The second-order valence-corrected chi connectivity index (χ2v) is 3.13. The maximum atomic E-state index is 10.8. The Balaban J connectivity index is 2.77. The van der Waals surface area contributed by atoms with Crippen molar-refractivity contribution in [3.05, 3.63) is 24.0 Å². The number of anilines is 1. The summed E-state index contributed by atoms with van der Waals surface area (Å²) in [6.45, 7) is 3.73. The Morgan fingerprint density at radius 3 is 2.93 bits per heavy atom. The summed E-state index contributed by atoms with van der Waals surface area (Å²) in [4.78, 5) is 14.7. The summed E-state index contributed by atoms with van der Waals surface area (Å²) in [6, 6.07) is 1.25. The molecular weight excluding hydrogens is 180 g/mol. The lowest BCUT2D eigenvalue weighted by atomic mass is 10.2. The van der Waals surface area contributed by atoms with Gasteiger partial charge >= 0.3 is 5.97 Å². The number of hydrogen-bond donors (Lipinski definition) is 2. The van der Waals surface area contributed by atoms with E-state index in [0.29, 0.717) is 6.42 Å². The van der Waals surface area contributed by atoms with Crippen LogP contribution in [0.2, 0.25) is 0 Å². The minimum Gasteiger partial charge on any atom is -0.480 e. The monoisotopic (exact) mass is 194 g/mol. The van der Waals surface area contributed by atoms with Crippen molar-refractivity contribution in [2.45, 2.75) is 26.3 Å². The second-order valence-electron chi connectivity index (χ2n) is 3.13. The van der Waals surface area contributed by atoms with Gasteiger partial charge in [0, 0.05) is 18.1 Å². The average Bonchev–Trinajstić information content (AvgIpc) is 2.16. The summed E-state index contributed by atoms with van der Waals surface area (Å²) in [7, 11) is 0. The zero-order valence-corrected chi connectivity index (χ0v) is 8.32. The Morgan fingerprint density at radius 2 is 2.43 bits per heavy atom. The highest BCUT2D eigenvalue weighted by atomic mass is 16.4. The highest BCUT2D eigenvalue weighted by Gasteiger charge is 2.14. The maximum Gasteiger partial charge on any atom is 0.326 e. The minimum absolute atomic E-state index is 0.531. The SMILES string of the molecule is CCC(Nc1ccncc1C)C(=O)O. The van der Waals surface area contributed by atoms with Gasteiger partial charge in [0.25, 0.3) is 0 Å². The number of aliphatic carboxylic acids is 1. The fourth-order valence-electron chi connectivity index (χ4n) is 1.16. The lowest BCUT2D eigenvalue weighted by Crippen LogP contribution is -2.28. The first-order valence-electron chi connectivity index (χ1n) is 4.55. The van der Waals surface area contributed by atoms with Gasteiger partial charge in [-0.15, -0.1) is 0 Å². The number of aryl methyl sites for hydroxylation is 1. The summed E-state index contributed by atoms with van der Waals surface area (Å²) in [5.41, 5.74) is 1.78. The van der Waals surface area contributed by atoms with Crippen LogP contribution >= 0.6 is 0 Å². The first kappa shape index (κ1) is 10.5. The van der Waals surface area contributed by atoms with Crippen LogP contribution in [-0.4, -0.2) is 22.1 Å². The standard InChI is InChI=1S/C10H14N2O2/c1-3-8(10(13)14)12-9-4-5-11-6-7(9)2/h4-6,8H,3H2,1-2H3,(H,11,12)(H,13,14). The van der Waals surface area contributed by atoms with E-state index in [1.54, 1.807) is 18.5 Å². The number of nitrogens with zero attached hydrogens (tertiary/aromatic N) is 1. The molecular formula is C10H14N2O2. The highest BCUT2D eigenvalue weighted by molar-refractivity contribution is 5.77. The van der Waals surface area contributed by atoms with E-state index in [-0.39, 0.29) is 0 Å². The molecule has 0 radical (unpaired) electrons. The average molecular weight is 194 g/mol. The predicted octanol–water partition coefficient (Wildman–Crippen LogP) is 1.67. The van der Waals surface area contributed by atoms with Gasteiger partial charge in [-0.2, -0.15) is 0 Å². The zero-order chi connectivity index (χ0) is 10.6. The van der Waals surface area contributed by atoms with E-state index in [0.717, 1.165) is 11.3 Å². The Kier molecular flexibility index (Phi) is 3.45. The quantitative estimate of drug-likeness (QED) is 0.765. The number of hydrogen-bond acceptors (Lipinski definition) is 3. The van der Waals surface area contributed by atoms with Gasteiger partial charge in [-0.25, -0.2) is 4.79 Å². The van der Waals surface area contributed by atoms with Crippen molar-refractivity contribution < 1.29 is 9.90 Å². The van der Waals surface area contributed by atoms with E-state index in [1.165, 1.54) is 0 Å². The van der Waals surface area contributed by atoms with Crippen molar-refractivity contribution in [2.75, 3.05) is 5.32 Å². The molecule has 0 saturated heterocycles. The molecule has 4 nitrogen and oxygen atoms in total. The molecule has 14 heavy (non-hydrogen) atoms. The van der Waals surface area contributed by atoms with Gasteiger partial charge in [-0.1, -0.05) is 6.92 Å². The van der Waals surface area contributed by atoms with E-state index >= 15 is 0 Å². The summed E-state index contributed by atoms with van der Waals surface area (Å²) in [5, 5.41) is 11.8. The van der Waals surface area contributed by atoms with Gasteiger partial charge in [0.05, 0.1) is 0 Å². The topological polar surface area (TPSA) is 62.2 Å². The number of carbonyl (C=O) groups is 1. The van der Waals surface area contributed by atoms with E-state index in [9.17, 15) is 4.79 Å². The van der Waals surface area contributed by atoms with Crippen LogP contribution in [0, 0.1) is 6.92 Å². The molecule has 0 aromatic carbocycles. The molecule has 1 aromatic rings. The van der Waals surface area contributed by atoms with Crippen molar-refractivity contribution in [3.8, 4) is 0 Å². The number of aromatic nitrogens is 1. The molecule has 0 spiro atoms. The smallest absolute Gasteiger partial charge is 0.326 e. The van der Waals surface area contributed by atoms with E-state index < -0.39 is 12.0 Å². The molecule has 0 aliphatic carbocycles. The molecule has 4 heteroatoms. The molecule has 2 N–H and O–H groups in total. The van der Waals surface area contributed by atoms with Crippen LogP contribution in [0.25, 0.3) is 0 Å². The van der Waals surface area contributed by atoms with Crippen molar-refractivity contribution >= 4 is 11.7 Å². The molecule has 0 bridgehead atoms. The van der Waals surface area contributed by atoms with Crippen LogP contribution in [0.4, 0.5) is 5.69 Å². The second kappa shape index (κ2) is 4.60. The lowest BCUT2D eigenvalue weighted by Gasteiger charge is -2.14. The van der Waals surface area contributed by atoms with Gasteiger partial charge in [0.15, 0.2) is 0 Å². The summed E-state index contributed by atoms with van der Waals surface area (Å²) in [6.07, 6.45) is 3.90. The summed E-state index contributed by atoms with van der Waals surface area (Å²) < 4.78 is 0. The predicted molar refractivity (Wildman–Crippen MR) is 54.3 cm³/mol. The van der Waals surface area contributed by atoms with Gasteiger partial charge in [0.2, 0.25) is 0 Å². The fourth-order valence-corrected chi connectivity index (χ4v) is 1.16. The minimum atomic E-state index is -0.830. The first-order valence-corrected chi connectivity index (χ1v) is 4.55. The molecule has 0 aliphatic heterocycles. The van der Waals surface area contributed by atoms with Gasteiger partial charge in [-0.05, 0) is 25.0 Å². The largest absolute Gasteiger partial charge is 0.480 e. The molecule has 1 aromatic heterocycles. The Hall–Kier alpha value is -1.58. The molecule has 0 amide bonds. The molecule has 1 atom stereocenters. The van der Waals surface area contributed by atoms with Crippen molar-refractivity contribution in [1.29, 1.82) is 0 Å². The first-order chi connectivity index (χ1) is 6.65. The number of pyridine rings is 1. The number of nitrogens with one attached hydrogen (secondary N) is 1. The third-order valence-electron chi connectivity index (χ3n) is 2.06. The van der Waals surface area contributed by atoms with Crippen molar-refractivity contribution in [3.63, 3.8) is 0 Å². The van der Waals surface area contributed by atoms with Gasteiger partial charge in [-0.3, -0.25) is 4.98 Å². The van der Waals surface area contributed by atoms with Crippen molar-refractivity contribution in [2.24, 2.45) is 0 Å². The molecule has 76 valence electrons. The van der Waals surface area contributed by atoms with Crippen LogP contribution in [0.3, 0.4) is 0 Å². The van der Waals surface area contributed by atoms with E-state index in [2.05, 4.69) is 10.3 Å². The summed E-state index contributed by atoms with van der Waals surface area (Å²) >= 11 is 0. The third-order valence-corrected chi connectivity index (χ3v) is 2.06. The molecule has 1 heterocycles. The van der Waals surface area contributed by atoms with Crippen LogP contribution < -0.4 is 5.32 Å². The number of carboxylic acid groups (broad SMARTS) is 1.